The Balaban J connectivity index is 2.90. The zero-order chi connectivity index (χ0) is 14.8. The van der Waals surface area contributed by atoms with Crippen LogP contribution in [0.4, 0.5) is 17.6 Å². The van der Waals surface area contributed by atoms with Crippen LogP contribution in [0.1, 0.15) is 19.4 Å². The van der Waals surface area contributed by atoms with Gasteiger partial charge in [0.15, 0.2) is 0 Å². The van der Waals surface area contributed by atoms with Gasteiger partial charge >= 0.3 is 12.1 Å². The Labute approximate surface area is 106 Å². The first-order chi connectivity index (χ1) is 8.54. The second-order valence-corrected chi connectivity index (χ2v) is 4.62. The predicted molar refractivity (Wildman–Crippen MR) is 58.3 cm³/mol. The van der Waals surface area contributed by atoms with E-state index in [0.29, 0.717) is 12.1 Å². The van der Waals surface area contributed by atoms with Crippen molar-refractivity contribution in [2.45, 2.75) is 20.0 Å². The Morgan fingerprint density at radius 1 is 1.32 bits per heavy atom. The average Bonchev–Trinajstić information content (AvgIpc) is 2.26. The maximum absolute atomic E-state index is 13.0. The van der Waals surface area contributed by atoms with Gasteiger partial charge in [-0.05, 0) is 32.0 Å². The van der Waals surface area contributed by atoms with E-state index in [9.17, 15) is 22.4 Å². The molecule has 0 fully saturated rings. The molecule has 0 radical (unpaired) electrons. The molecule has 0 saturated carbocycles. The van der Waals surface area contributed by atoms with Crippen LogP contribution in [-0.4, -0.2) is 17.7 Å². The molecule has 0 saturated heterocycles. The first-order valence-electron chi connectivity index (χ1n) is 5.27. The minimum atomic E-state index is -4.83. The van der Waals surface area contributed by atoms with Gasteiger partial charge in [0.1, 0.15) is 18.2 Å². The second-order valence-electron chi connectivity index (χ2n) is 4.62. The molecule has 0 aliphatic heterocycles. The van der Waals surface area contributed by atoms with Crippen LogP contribution >= 0.6 is 0 Å². The van der Waals surface area contributed by atoms with E-state index in [1.54, 1.807) is 0 Å². The van der Waals surface area contributed by atoms with E-state index in [1.807, 2.05) is 0 Å². The SMILES string of the molecule is CC(C)(COc1ccc(F)c(C(F)(F)F)c1)C(=O)O. The van der Waals surface area contributed by atoms with Crippen molar-refractivity contribution in [2.75, 3.05) is 6.61 Å². The van der Waals surface area contributed by atoms with Gasteiger partial charge in [-0.3, -0.25) is 4.79 Å². The summed E-state index contributed by atoms with van der Waals surface area (Å²) in [6, 6.07) is 2.15. The van der Waals surface area contributed by atoms with E-state index in [2.05, 4.69) is 0 Å². The van der Waals surface area contributed by atoms with Crippen LogP contribution in [0, 0.1) is 11.2 Å². The quantitative estimate of drug-likeness (QED) is 0.860. The molecule has 1 N–H and O–H groups in total. The van der Waals surface area contributed by atoms with Crippen molar-refractivity contribution in [1.82, 2.24) is 0 Å². The number of benzene rings is 1. The highest BCUT2D eigenvalue weighted by Crippen LogP contribution is 2.33. The second kappa shape index (κ2) is 5.07. The standard InChI is InChI=1S/C12H12F4O3/c1-11(2,10(17)18)6-19-7-3-4-9(13)8(5-7)12(14,15)16/h3-5H,6H2,1-2H3,(H,17,18). The van der Waals surface area contributed by atoms with Gasteiger partial charge < -0.3 is 9.84 Å². The van der Waals surface area contributed by atoms with Crippen LogP contribution in [0.2, 0.25) is 0 Å². The fraction of sp³-hybridized carbons (Fsp3) is 0.417. The van der Waals surface area contributed by atoms with Crippen molar-refractivity contribution < 1.29 is 32.2 Å². The number of halogens is 4. The van der Waals surface area contributed by atoms with Gasteiger partial charge in [-0.15, -0.1) is 0 Å². The fourth-order valence-electron chi connectivity index (χ4n) is 1.14. The van der Waals surface area contributed by atoms with E-state index >= 15 is 0 Å². The number of rotatable bonds is 4. The first-order valence-corrected chi connectivity index (χ1v) is 5.27. The summed E-state index contributed by atoms with van der Waals surface area (Å²) in [7, 11) is 0. The fourth-order valence-corrected chi connectivity index (χ4v) is 1.14. The Morgan fingerprint density at radius 3 is 2.37 bits per heavy atom. The number of carbonyl (C=O) groups is 1. The van der Waals surface area contributed by atoms with Crippen LogP contribution in [0.5, 0.6) is 5.75 Å². The Kier molecular flexibility index (Phi) is 4.07. The van der Waals surface area contributed by atoms with Crippen molar-refractivity contribution in [3.8, 4) is 5.75 Å². The van der Waals surface area contributed by atoms with Gasteiger partial charge in [-0.1, -0.05) is 0 Å². The van der Waals surface area contributed by atoms with E-state index in [4.69, 9.17) is 9.84 Å². The van der Waals surface area contributed by atoms with Crippen LogP contribution in [0.3, 0.4) is 0 Å². The minimum Gasteiger partial charge on any atom is -0.492 e. The Bertz CT molecular complexity index is 480. The van der Waals surface area contributed by atoms with Crippen LogP contribution in [0.15, 0.2) is 18.2 Å². The molecule has 0 aliphatic carbocycles. The van der Waals surface area contributed by atoms with E-state index < -0.39 is 28.9 Å². The summed E-state index contributed by atoms with van der Waals surface area (Å²) >= 11 is 0. The van der Waals surface area contributed by atoms with E-state index in [0.717, 1.165) is 6.07 Å². The normalized spacial score (nSPS) is 12.3. The van der Waals surface area contributed by atoms with Crippen LogP contribution in [-0.2, 0) is 11.0 Å². The molecule has 3 nitrogen and oxygen atoms in total. The Hall–Kier alpha value is -1.79. The molecule has 0 atom stereocenters. The predicted octanol–water partition coefficient (Wildman–Crippen LogP) is 3.33. The summed E-state index contributed by atoms with van der Waals surface area (Å²) in [6.07, 6.45) is -4.83. The molecule has 7 heteroatoms. The number of ether oxygens (including phenoxy) is 1. The molecule has 1 rings (SSSR count). The number of hydrogen-bond acceptors (Lipinski definition) is 2. The van der Waals surface area contributed by atoms with E-state index in [-0.39, 0.29) is 12.4 Å². The highest BCUT2D eigenvalue weighted by molar-refractivity contribution is 5.73. The molecular weight excluding hydrogens is 268 g/mol. The number of aliphatic carboxylic acids is 1. The van der Waals surface area contributed by atoms with Gasteiger partial charge in [0.2, 0.25) is 0 Å². The van der Waals surface area contributed by atoms with Crippen molar-refractivity contribution in [3.05, 3.63) is 29.6 Å². The molecule has 0 unspecified atom stereocenters. The monoisotopic (exact) mass is 280 g/mol. The summed E-state index contributed by atoms with van der Waals surface area (Å²) < 4.78 is 55.3. The van der Waals surface area contributed by atoms with Crippen molar-refractivity contribution >= 4 is 5.97 Å². The van der Waals surface area contributed by atoms with Gasteiger partial charge in [0.05, 0.1) is 11.0 Å². The third kappa shape index (κ3) is 3.84. The third-order valence-electron chi connectivity index (χ3n) is 2.42. The summed E-state index contributed by atoms with van der Waals surface area (Å²) in [5.41, 5.74) is -2.70. The Morgan fingerprint density at radius 2 is 1.89 bits per heavy atom. The lowest BCUT2D eigenvalue weighted by Gasteiger charge is -2.20. The van der Waals surface area contributed by atoms with Crippen molar-refractivity contribution in [1.29, 1.82) is 0 Å². The highest BCUT2D eigenvalue weighted by Gasteiger charge is 2.35. The molecule has 0 spiro atoms. The number of carboxylic acid groups (broad SMARTS) is 1. The van der Waals surface area contributed by atoms with Gasteiger partial charge in [0, 0.05) is 0 Å². The number of alkyl halides is 3. The van der Waals surface area contributed by atoms with Crippen LogP contribution in [0.25, 0.3) is 0 Å². The molecule has 1 aromatic rings. The van der Waals surface area contributed by atoms with Gasteiger partial charge in [0.25, 0.3) is 0 Å². The molecule has 0 amide bonds. The molecule has 0 bridgehead atoms. The smallest absolute Gasteiger partial charge is 0.419 e. The number of hydrogen-bond donors (Lipinski definition) is 1. The summed E-state index contributed by atoms with van der Waals surface area (Å²) in [6.45, 7) is 2.40. The van der Waals surface area contributed by atoms with Gasteiger partial charge in [-0.25, -0.2) is 4.39 Å². The minimum absolute atomic E-state index is 0.233. The number of carboxylic acids is 1. The lowest BCUT2D eigenvalue weighted by molar-refractivity contribution is -0.148. The molecular formula is C12H12F4O3. The molecule has 0 aliphatic rings. The zero-order valence-corrected chi connectivity index (χ0v) is 10.2. The largest absolute Gasteiger partial charge is 0.492 e. The van der Waals surface area contributed by atoms with Crippen molar-refractivity contribution in [3.63, 3.8) is 0 Å². The lowest BCUT2D eigenvalue weighted by Crippen LogP contribution is -2.30. The molecule has 0 heterocycles. The summed E-state index contributed by atoms with van der Waals surface area (Å²) in [5.74, 6) is -2.79. The maximum Gasteiger partial charge on any atom is 0.419 e. The third-order valence-corrected chi connectivity index (χ3v) is 2.42. The lowest BCUT2D eigenvalue weighted by atomic mass is 9.95. The van der Waals surface area contributed by atoms with Crippen LogP contribution < -0.4 is 4.74 Å². The molecule has 0 aromatic heterocycles. The topological polar surface area (TPSA) is 46.5 Å². The van der Waals surface area contributed by atoms with Crippen molar-refractivity contribution in [2.24, 2.45) is 5.41 Å². The summed E-state index contributed by atoms with van der Waals surface area (Å²) in [4.78, 5) is 10.8. The molecule has 19 heavy (non-hydrogen) atoms. The zero-order valence-electron chi connectivity index (χ0n) is 10.2. The highest BCUT2D eigenvalue weighted by atomic mass is 19.4. The van der Waals surface area contributed by atoms with E-state index in [1.165, 1.54) is 13.8 Å². The first kappa shape index (κ1) is 15.3. The van der Waals surface area contributed by atoms with Gasteiger partial charge in [-0.2, -0.15) is 13.2 Å². The average molecular weight is 280 g/mol. The molecule has 1 aromatic carbocycles. The maximum atomic E-state index is 13.0. The molecule has 106 valence electrons. The summed E-state index contributed by atoms with van der Waals surface area (Å²) in [5, 5.41) is 8.83.